The molecule has 130 valence electrons. The van der Waals surface area contributed by atoms with Gasteiger partial charge in [-0.25, -0.2) is 14.5 Å². The Morgan fingerprint density at radius 2 is 1.92 bits per heavy atom. The molecule has 1 aliphatic heterocycles. The molecule has 7 nitrogen and oxygen atoms in total. The highest BCUT2D eigenvalue weighted by molar-refractivity contribution is 6.38. The van der Waals surface area contributed by atoms with Crippen LogP contribution in [0.3, 0.4) is 0 Å². The van der Waals surface area contributed by atoms with Crippen LogP contribution in [-0.2, 0) is 6.54 Å². The van der Waals surface area contributed by atoms with Crippen molar-refractivity contribution >= 4 is 28.6 Å². The Morgan fingerprint density at radius 3 is 2.54 bits per heavy atom. The van der Waals surface area contributed by atoms with Crippen molar-refractivity contribution in [3.63, 3.8) is 0 Å². The molecule has 3 rings (SSSR count). The van der Waals surface area contributed by atoms with Crippen molar-refractivity contribution in [3.8, 4) is 0 Å². The first kappa shape index (κ1) is 17.1. The molecule has 3 heterocycles. The van der Waals surface area contributed by atoms with E-state index in [1.807, 2.05) is 11.6 Å². The lowest BCUT2D eigenvalue weighted by molar-refractivity contribution is 0.0697. The number of aromatic nitrogens is 3. The van der Waals surface area contributed by atoms with Crippen LogP contribution in [-0.4, -0.2) is 74.9 Å². The highest BCUT2D eigenvalue weighted by Crippen LogP contribution is 2.28. The van der Waals surface area contributed by atoms with Gasteiger partial charge in [0.05, 0.1) is 28.2 Å². The Balaban J connectivity index is 1.76. The molecule has 0 radical (unpaired) electrons. The molecule has 24 heavy (non-hydrogen) atoms. The number of nitrogens with zero attached hydrogens (tertiary/aromatic N) is 5. The summed E-state index contributed by atoms with van der Waals surface area (Å²) < 4.78 is 1.83. The van der Waals surface area contributed by atoms with E-state index < -0.39 is 5.97 Å². The average Bonchev–Trinajstić information content (AvgIpc) is 2.90. The molecule has 8 heteroatoms. The summed E-state index contributed by atoms with van der Waals surface area (Å²) in [5.74, 6) is -1.07. The smallest absolute Gasteiger partial charge is 0.338 e. The van der Waals surface area contributed by atoms with Gasteiger partial charge in [0.2, 0.25) is 0 Å². The Hall–Kier alpha value is -1.70. The number of carboxylic acids is 1. The minimum Gasteiger partial charge on any atom is -0.478 e. The molecule has 0 unspecified atom stereocenters. The number of aryl methyl sites for hydroxylation is 1. The molecule has 1 fully saturated rings. The second-order valence-electron chi connectivity index (χ2n) is 6.07. The number of halogens is 1. The number of pyridine rings is 1. The van der Waals surface area contributed by atoms with Crippen LogP contribution >= 0.6 is 11.6 Å². The predicted molar refractivity (Wildman–Crippen MR) is 92.8 cm³/mol. The van der Waals surface area contributed by atoms with Crippen LogP contribution in [0.2, 0.25) is 5.02 Å². The number of piperazine rings is 1. The number of fused-ring (bicyclic) bond motifs is 1. The molecule has 1 saturated heterocycles. The highest BCUT2D eigenvalue weighted by Gasteiger charge is 2.20. The summed E-state index contributed by atoms with van der Waals surface area (Å²) in [6, 6.07) is 0. The number of hydrogen-bond acceptors (Lipinski definition) is 5. The molecule has 1 N–H and O–H groups in total. The van der Waals surface area contributed by atoms with Crippen molar-refractivity contribution in [3.05, 3.63) is 22.5 Å². The molecule has 0 amide bonds. The number of carbonyl (C=O) groups is 1. The summed E-state index contributed by atoms with van der Waals surface area (Å²) in [4.78, 5) is 20.3. The van der Waals surface area contributed by atoms with Gasteiger partial charge in [-0.05, 0) is 13.5 Å². The predicted octanol–water partition coefficient (Wildman–Crippen LogP) is 1.73. The number of likely N-dealkylation sites (N-methyl/N-ethyl adjacent to an activating group) is 1. The average molecular weight is 352 g/mol. The van der Waals surface area contributed by atoms with Gasteiger partial charge in [0.15, 0.2) is 5.65 Å². The SMILES string of the molecule is CCN1CCN(CCn2nc(C)c3c(Cl)c(C(=O)O)cnc32)CC1. The normalized spacial score (nSPS) is 16.8. The van der Waals surface area contributed by atoms with Gasteiger partial charge in [0, 0.05) is 38.9 Å². The fourth-order valence-electron chi connectivity index (χ4n) is 3.14. The summed E-state index contributed by atoms with van der Waals surface area (Å²) in [5.41, 5.74) is 1.37. The zero-order chi connectivity index (χ0) is 17.3. The number of aromatic carboxylic acids is 1. The van der Waals surface area contributed by atoms with Gasteiger partial charge in [-0.1, -0.05) is 18.5 Å². The van der Waals surface area contributed by atoms with Crippen molar-refractivity contribution < 1.29 is 9.90 Å². The van der Waals surface area contributed by atoms with E-state index in [1.54, 1.807) is 0 Å². The molecule has 2 aromatic rings. The minimum absolute atomic E-state index is 0.0162. The summed E-state index contributed by atoms with van der Waals surface area (Å²) in [5, 5.41) is 14.5. The minimum atomic E-state index is -1.07. The number of rotatable bonds is 5. The molecular formula is C16H22ClN5O2. The van der Waals surface area contributed by atoms with E-state index in [-0.39, 0.29) is 10.6 Å². The van der Waals surface area contributed by atoms with Crippen molar-refractivity contribution in [1.29, 1.82) is 0 Å². The van der Waals surface area contributed by atoms with Gasteiger partial charge in [0.1, 0.15) is 0 Å². The maximum absolute atomic E-state index is 11.2. The molecule has 2 aromatic heterocycles. The zero-order valence-corrected chi connectivity index (χ0v) is 14.8. The molecule has 0 atom stereocenters. The van der Waals surface area contributed by atoms with Crippen LogP contribution in [0.4, 0.5) is 0 Å². The van der Waals surface area contributed by atoms with Gasteiger partial charge in [0.25, 0.3) is 0 Å². The van der Waals surface area contributed by atoms with Crippen molar-refractivity contribution in [2.45, 2.75) is 20.4 Å². The van der Waals surface area contributed by atoms with Gasteiger partial charge >= 0.3 is 5.97 Å². The van der Waals surface area contributed by atoms with E-state index in [4.69, 9.17) is 11.6 Å². The molecule has 0 spiro atoms. The topological polar surface area (TPSA) is 74.5 Å². The summed E-state index contributed by atoms with van der Waals surface area (Å²) in [6.45, 7) is 11.0. The largest absolute Gasteiger partial charge is 0.478 e. The Bertz CT molecular complexity index is 752. The van der Waals surface area contributed by atoms with Crippen LogP contribution < -0.4 is 0 Å². The highest BCUT2D eigenvalue weighted by atomic mass is 35.5. The van der Waals surface area contributed by atoms with Crippen molar-refractivity contribution in [1.82, 2.24) is 24.6 Å². The maximum Gasteiger partial charge on any atom is 0.338 e. The molecule has 0 bridgehead atoms. The Labute approximate surface area is 145 Å². The first-order chi connectivity index (χ1) is 11.5. The Kier molecular flexibility index (Phi) is 5.03. The fraction of sp³-hybridized carbons (Fsp3) is 0.562. The first-order valence-electron chi connectivity index (χ1n) is 8.21. The summed E-state index contributed by atoms with van der Waals surface area (Å²) in [7, 11) is 0. The first-order valence-corrected chi connectivity index (χ1v) is 8.58. The molecule has 1 aliphatic rings. The van der Waals surface area contributed by atoms with Crippen LogP contribution in [0.1, 0.15) is 23.0 Å². The van der Waals surface area contributed by atoms with Crippen molar-refractivity contribution in [2.24, 2.45) is 0 Å². The zero-order valence-electron chi connectivity index (χ0n) is 14.0. The monoisotopic (exact) mass is 351 g/mol. The van der Waals surface area contributed by atoms with Gasteiger partial charge < -0.3 is 10.0 Å². The van der Waals surface area contributed by atoms with E-state index in [2.05, 4.69) is 26.8 Å². The van der Waals surface area contributed by atoms with Crippen molar-refractivity contribution in [2.75, 3.05) is 39.3 Å². The third kappa shape index (κ3) is 3.24. The maximum atomic E-state index is 11.2. The van der Waals surface area contributed by atoms with E-state index >= 15 is 0 Å². The van der Waals surface area contributed by atoms with Gasteiger partial charge in [-0.15, -0.1) is 0 Å². The standard InChI is InChI=1S/C16H22ClN5O2/c1-3-20-4-6-21(7-5-20)8-9-22-15-13(11(2)19-22)14(17)12(10-18-15)16(23)24/h10H,3-9H2,1-2H3,(H,23,24). The summed E-state index contributed by atoms with van der Waals surface area (Å²) >= 11 is 6.25. The van der Waals surface area contributed by atoms with Crippen LogP contribution in [0.25, 0.3) is 11.0 Å². The quantitative estimate of drug-likeness (QED) is 0.884. The number of hydrogen-bond donors (Lipinski definition) is 1. The van der Waals surface area contributed by atoms with Crippen LogP contribution in [0, 0.1) is 6.92 Å². The second kappa shape index (κ2) is 7.04. The third-order valence-electron chi connectivity index (χ3n) is 4.64. The van der Waals surface area contributed by atoms with Crippen LogP contribution in [0.5, 0.6) is 0 Å². The van der Waals surface area contributed by atoms with E-state index in [0.29, 0.717) is 23.3 Å². The molecule has 0 saturated carbocycles. The Morgan fingerprint density at radius 1 is 1.25 bits per heavy atom. The molecule has 0 aromatic carbocycles. The van der Waals surface area contributed by atoms with E-state index in [1.165, 1.54) is 6.20 Å². The van der Waals surface area contributed by atoms with E-state index in [0.717, 1.165) is 39.3 Å². The summed E-state index contributed by atoms with van der Waals surface area (Å²) in [6.07, 6.45) is 1.31. The molecular weight excluding hydrogens is 330 g/mol. The van der Waals surface area contributed by atoms with Gasteiger partial charge in [-0.3, -0.25) is 4.90 Å². The van der Waals surface area contributed by atoms with E-state index in [9.17, 15) is 9.90 Å². The lowest BCUT2D eigenvalue weighted by atomic mass is 10.2. The van der Waals surface area contributed by atoms with Crippen LogP contribution in [0.15, 0.2) is 6.20 Å². The lowest BCUT2D eigenvalue weighted by Crippen LogP contribution is -2.46. The lowest BCUT2D eigenvalue weighted by Gasteiger charge is -2.33. The fourth-order valence-corrected chi connectivity index (χ4v) is 3.50. The molecule has 0 aliphatic carbocycles. The second-order valence-corrected chi connectivity index (χ2v) is 6.45. The third-order valence-corrected chi connectivity index (χ3v) is 5.04. The number of carboxylic acid groups (broad SMARTS) is 1. The van der Waals surface area contributed by atoms with Gasteiger partial charge in [-0.2, -0.15) is 5.10 Å².